The molecule has 0 amide bonds. The number of anilines is 1. The summed E-state index contributed by atoms with van der Waals surface area (Å²) in [5.41, 5.74) is 4.92. The Morgan fingerprint density at radius 1 is 1.30 bits per heavy atom. The number of pyridine rings is 1. The van der Waals surface area contributed by atoms with Crippen molar-refractivity contribution in [3.8, 4) is 0 Å². The van der Waals surface area contributed by atoms with E-state index in [9.17, 15) is 10.1 Å². The SMILES string of the molecule is Cc1cc([N+](=O)[O-])cc2cc(C(C)(C)C)c(NN)nc12. The maximum absolute atomic E-state index is 11.0. The number of fused-ring (bicyclic) bond motifs is 1. The molecule has 1 aromatic heterocycles. The quantitative estimate of drug-likeness (QED) is 0.498. The zero-order chi connectivity index (χ0) is 15.1. The lowest BCUT2D eigenvalue weighted by Crippen LogP contribution is -2.19. The van der Waals surface area contributed by atoms with Crippen LogP contribution in [0.15, 0.2) is 18.2 Å². The number of non-ortho nitro benzene ring substituents is 1. The summed E-state index contributed by atoms with van der Waals surface area (Å²) in [6.45, 7) is 7.93. The average molecular weight is 274 g/mol. The lowest BCUT2D eigenvalue weighted by atomic mass is 9.86. The average Bonchev–Trinajstić information content (AvgIpc) is 2.36. The van der Waals surface area contributed by atoms with Crippen LogP contribution >= 0.6 is 0 Å². The molecule has 2 rings (SSSR count). The molecular formula is C14H18N4O2. The van der Waals surface area contributed by atoms with E-state index in [1.165, 1.54) is 6.07 Å². The first kappa shape index (κ1) is 14.2. The lowest BCUT2D eigenvalue weighted by Gasteiger charge is -2.22. The number of aryl methyl sites for hydroxylation is 1. The zero-order valence-corrected chi connectivity index (χ0v) is 12.0. The number of nitrogens with one attached hydrogen (secondary N) is 1. The minimum atomic E-state index is -0.391. The van der Waals surface area contributed by atoms with Crippen molar-refractivity contribution in [2.24, 2.45) is 5.84 Å². The molecule has 3 N–H and O–H groups in total. The van der Waals surface area contributed by atoms with Gasteiger partial charge in [-0.1, -0.05) is 20.8 Å². The number of hydrogen-bond acceptors (Lipinski definition) is 5. The van der Waals surface area contributed by atoms with Gasteiger partial charge >= 0.3 is 0 Å². The van der Waals surface area contributed by atoms with Crippen LogP contribution in [0, 0.1) is 17.0 Å². The van der Waals surface area contributed by atoms with Crippen LogP contribution < -0.4 is 11.3 Å². The minimum Gasteiger partial charge on any atom is -0.308 e. The highest BCUT2D eigenvalue weighted by molar-refractivity contribution is 5.87. The number of nitrogens with zero attached hydrogens (tertiary/aromatic N) is 2. The Morgan fingerprint density at radius 2 is 1.95 bits per heavy atom. The van der Waals surface area contributed by atoms with Gasteiger partial charge in [0.1, 0.15) is 5.82 Å². The van der Waals surface area contributed by atoms with E-state index in [4.69, 9.17) is 5.84 Å². The van der Waals surface area contributed by atoms with Crippen LogP contribution in [-0.2, 0) is 5.41 Å². The van der Waals surface area contributed by atoms with E-state index in [-0.39, 0.29) is 11.1 Å². The Bertz CT molecular complexity index is 690. The molecule has 1 aromatic carbocycles. The fraction of sp³-hybridized carbons (Fsp3) is 0.357. The molecule has 0 bridgehead atoms. The standard InChI is InChI=1S/C14H18N4O2/c1-8-5-10(18(19)20)6-9-7-11(14(2,3)4)13(17-15)16-12(8)9/h5-7H,15H2,1-4H3,(H,16,17). The van der Waals surface area contributed by atoms with E-state index in [0.29, 0.717) is 5.82 Å². The summed E-state index contributed by atoms with van der Waals surface area (Å²) in [6, 6.07) is 4.98. The Morgan fingerprint density at radius 3 is 2.45 bits per heavy atom. The van der Waals surface area contributed by atoms with Gasteiger partial charge in [-0.3, -0.25) is 10.1 Å². The molecule has 0 aliphatic rings. The van der Waals surface area contributed by atoms with Crippen molar-refractivity contribution in [2.75, 3.05) is 5.43 Å². The van der Waals surface area contributed by atoms with Crippen LogP contribution in [-0.4, -0.2) is 9.91 Å². The van der Waals surface area contributed by atoms with Crippen molar-refractivity contribution in [3.63, 3.8) is 0 Å². The number of aromatic nitrogens is 1. The maximum atomic E-state index is 11.0. The number of nitro groups is 1. The molecule has 0 atom stereocenters. The summed E-state index contributed by atoms with van der Waals surface area (Å²) in [4.78, 5) is 15.1. The molecule has 0 radical (unpaired) electrons. The topological polar surface area (TPSA) is 94.1 Å². The van der Waals surface area contributed by atoms with Crippen molar-refractivity contribution in [2.45, 2.75) is 33.1 Å². The van der Waals surface area contributed by atoms with E-state index < -0.39 is 4.92 Å². The Kier molecular flexibility index (Phi) is 3.35. The van der Waals surface area contributed by atoms with E-state index >= 15 is 0 Å². The van der Waals surface area contributed by atoms with Gasteiger partial charge in [0.25, 0.3) is 5.69 Å². The zero-order valence-electron chi connectivity index (χ0n) is 12.0. The number of hydrogen-bond donors (Lipinski definition) is 2. The van der Waals surface area contributed by atoms with Gasteiger partial charge < -0.3 is 5.43 Å². The maximum Gasteiger partial charge on any atom is 0.270 e. The molecule has 0 fully saturated rings. The van der Waals surface area contributed by atoms with Crippen LogP contribution in [0.2, 0.25) is 0 Å². The molecule has 0 saturated heterocycles. The molecule has 2 aromatic rings. The van der Waals surface area contributed by atoms with Crippen molar-refractivity contribution in [3.05, 3.63) is 39.4 Å². The third-order valence-corrected chi connectivity index (χ3v) is 3.25. The van der Waals surface area contributed by atoms with Crippen molar-refractivity contribution in [1.82, 2.24) is 4.98 Å². The second-order valence-corrected chi connectivity index (χ2v) is 5.87. The first-order chi connectivity index (χ1) is 9.24. The van der Waals surface area contributed by atoms with Gasteiger partial charge in [0.05, 0.1) is 10.4 Å². The van der Waals surface area contributed by atoms with Gasteiger partial charge in [-0.2, -0.15) is 0 Å². The number of nitrogen functional groups attached to an aromatic ring is 1. The normalized spacial score (nSPS) is 11.7. The van der Waals surface area contributed by atoms with E-state index in [1.807, 2.05) is 26.8 Å². The largest absolute Gasteiger partial charge is 0.308 e. The number of benzene rings is 1. The third kappa shape index (κ3) is 2.42. The van der Waals surface area contributed by atoms with Crippen molar-refractivity contribution in [1.29, 1.82) is 0 Å². The second-order valence-electron chi connectivity index (χ2n) is 5.87. The van der Waals surface area contributed by atoms with Gasteiger partial charge in [0, 0.05) is 23.1 Å². The molecule has 106 valence electrons. The molecule has 20 heavy (non-hydrogen) atoms. The van der Waals surface area contributed by atoms with Crippen molar-refractivity contribution < 1.29 is 4.92 Å². The summed E-state index contributed by atoms with van der Waals surface area (Å²) in [5.74, 6) is 6.14. The first-order valence-corrected chi connectivity index (χ1v) is 6.31. The van der Waals surface area contributed by atoms with Gasteiger partial charge in [0.15, 0.2) is 0 Å². The molecule has 6 heteroatoms. The summed E-state index contributed by atoms with van der Waals surface area (Å²) in [7, 11) is 0. The summed E-state index contributed by atoms with van der Waals surface area (Å²) in [5, 5.41) is 11.7. The molecule has 6 nitrogen and oxygen atoms in total. The smallest absolute Gasteiger partial charge is 0.270 e. The summed E-state index contributed by atoms with van der Waals surface area (Å²) >= 11 is 0. The fourth-order valence-electron chi connectivity index (χ4n) is 2.23. The summed E-state index contributed by atoms with van der Waals surface area (Å²) in [6.07, 6.45) is 0. The number of rotatable bonds is 2. The monoisotopic (exact) mass is 274 g/mol. The predicted octanol–water partition coefficient (Wildman–Crippen LogP) is 3.03. The van der Waals surface area contributed by atoms with E-state index in [0.717, 1.165) is 22.0 Å². The molecule has 1 heterocycles. The van der Waals surface area contributed by atoms with Crippen LogP contribution in [0.3, 0.4) is 0 Å². The fourth-order valence-corrected chi connectivity index (χ4v) is 2.23. The molecular weight excluding hydrogens is 256 g/mol. The van der Waals surface area contributed by atoms with Crippen LogP contribution in [0.1, 0.15) is 31.9 Å². The molecule has 0 aliphatic carbocycles. The second kappa shape index (κ2) is 4.72. The molecule has 0 unspecified atom stereocenters. The van der Waals surface area contributed by atoms with Crippen LogP contribution in [0.25, 0.3) is 10.9 Å². The molecule has 0 saturated carbocycles. The Hall–Kier alpha value is -2.21. The lowest BCUT2D eigenvalue weighted by molar-refractivity contribution is -0.384. The highest BCUT2D eigenvalue weighted by Gasteiger charge is 2.21. The van der Waals surface area contributed by atoms with Crippen molar-refractivity contribution >= 4 is 22.4 Å². The third-order valence-electron chi connectivity index (χ3n) is 3.25. The van der Waals surface area contributed by atoms with Gasteiger partial charge in [-0.15, -0.1) is 0 Å². The Labute approximate surface area is 117 Å². The minimum absolute atomic E-state index is 0.0742. The van der Waals surface area contributed by atoms with Gasteiger partial charge in [-0.25, -0.2) is 10.8 Å². The van der Waals surface area contributed by atoms with E-state index in [1.54, 1.807) is 13.0 Å². The summed E-state index contributed by atoms with van der Waals surface area (Å²) < 4.78 is 0. The highest BCUT2D eigenvalue weighted by Crippen LogP contribution is 2.33. The van der Waals surface area contributed by atoms with Crippen LogP contribution in [0.4, 0.5) is 11.5 Å². The van der Waals surface area contributed by atoms with Crippen LogP contribution in [0.5, 0.6) is 0 Å². The first-order valence-electron chi connectivity index (χ1n) is 6.31. The molecule has 0 aliphatic heterocycles. The number of hydrazine groups is 1. The van der Waals surface area contributed by atoms with Gasteiger partial charge in [0.2, 0.25) is 0 Å². The number of nitrogens with two attached hydrogens (primary N) is 1. The predicted molar refractivity (Wildman–Crippen MR) is 79.6 cm³/mol. The Balaban J connectivity index is 2.81. The number of nitro benzene ring substituents is 1. The van der Waals surface area contributed by atoms with Gasteiger partial charge in [-0.05, 0) is 24.0 Å². The highest BCUT2D eigenvalue weighted by atomic mass is 16.6. The van der Waals surface area contributed by atoms with E-state index in [2.05, 4.69) is 10.4 Å². The molecule has 0 spiro atoms.